The van der Waals surface area contributed by atoms with Gasteiger partial charge in [0.15, 0.2) is 0 Å². The van der Waals surface area contributed by atoms with E-state index in [1.54, 1.807) is 5.57 Å². The number of hydrogen-bond acceptors (Lipinski definition) is 1. The fourth-order valence-corrected chi connectivity index (χ4v) is 6.48. The lowest BCUT2D eigenvalue weighted by Gasteiger charge is -2.44. The van der Waals surface area contributed by atoms with Gasteiger partial charge in [-0.1, -0.05) is 57.6 Å². The summed E-state index contributed by atoms with van der Waals surface area (Å²) in [5.41, 5.74) is 4.63. The van der Waals surface area contributed by atoms with Crippen molar-refractivity contribution in [3.8, 4) is 0 Å². The molecule has 0 aromatic heterocycles. The first-order valence-electron chi connectivity index (χ1n) is 11.1. The molecule has 0 aromatic rings. The Balaban J connectivity index is 1.74. The smallest absolute Gasteiger partial charge is 0.0784 e. The van der Waals surface area contributed by atoms with Crippen LogP contribution in [0.25, 0.3) is 0 Å². The highest BCUT2D eigenvalue weighted by Crippen LogP contribution is 2.60. The van der Waals surface area contributed by atoms with E-state index in [-0.39, 0.29) is 6.10 Å². The van der Waals surface area contributed by atoms with Crippen molar-refractivity contribution in [1.82, 2.24) is 0 Å². The van der Waals surface area contributed by atoms with Gasteiger partial charge in [0.1, 0.15) is 0 Å². The molecule has 0 amide bonds. The average Bonchev–Trinajstić information content (AvgIpc) is 2.93. The van der Waals surface area contributed by atoms with Crippen LogP contribution in [0.5, 0.6) is 0 Å². The third-order valence-electron chi connectivity index (χ3n) is 7.80. The van der Waals surface area contributed by atoms with Crippen molar-refractivity contribution in [3.63, 3.8) is 0 Å². The van der Waals surface area contributed by atoms with Crippen LogP contribution < -0.4 is 0 Å². The second-order valence-corrected chi connectivity index (χ2v) is 10.1. The molecule has 0 spiro atoms. The summed E-state index contributed by atoms with van der Waals surface area (Å²) in [5, 5.41) is 10.1. The Morgan fingerprint density at radius 2 is 1.92 bits per heavy atom. The summed E-state index contributed by atoms with van der Waals surface area (Å²) in [6.07, 6.45) is 15.5. The van der Waals surface area contributed by atoms with E-state index in [4.69, 9.17) is 0 Å². The second-order valence-electron chi connectivity index (χ2n) is 10.1. The van der Waals surface area contributed by atoms with Crippen molar-refractivity contribution in [2.24, 2.45) is 29.1 Å². The van der Waals surface area contributed by atoms with Gasteiger partial charge in [-0.05, 0) is 92.4 Å². The van der Waals surface area contributed by atoms with Gasteiger partial charge < -0.3 is 5.11 Å². The van der Waals surface area contributed by atoms with Gasteiger partial charge in [-0.25, -0.2) is 0 Å². The Kier molecular flexibility index (Phi) is 6.17. The van der Waals surface area contributed by atoms with Gasteiger partial charge in [0.2, 0.25) is 0 Å². The molecule has 0 bridgehead atoms. The molecule has 3 aliphatic rings. The van der Waals surface area contributed by atoms with Crippen molar-refractivity contribution >= 4 is 0 Å². The quantitative estimate of drug-likeness (QED) is 0.547. The minimum Gasteiger partial charge on any atom is -0.388 e. The molecule has 146 valence electrons. The van der Waals surface area contributed by atoms with Gasteiger partial charge in [-0.15, -0.1) is 0 Å². The van der Waals surface area contributed by atoms with E-state index in [0.717, 1.165) is 48.5 Å². The van der Waals surface area contributed by atoms with E-state index in [9.17, 15) is 5.11 Å². The molecule has 26 heavy (non-hydrogen) atoms. The van der Waals surface area contributed by atoms with Gasteiger partial charge in [-0.3, -0.25) is 0 Å². The Hall–Kier alpha value is -0.820. The Labute approximate surface area is 161 Å². The molecule has 5 unspecified atom stereocenters. The topological polar surface area (TPSA) is 20.2 Å². The zero-order valence-electron chi connectivity index (χ0n) is 17.6. The molecule has 0 aliphatic heterocycles. The Morgan fingerprint density at radius 3 is 2.62 bits per heavy atom. The first-order chi connectivity index (χ1) is 12.3. The van der Waals surface area contributed by atoms with Crippen molar-refractivity contribution in [2.45, 2.75) is 91.6 Å². The van der Waals surface area contributed by atoms with Gasteiger partial charge in [-0.2, -0.15) is 0 Å². The van der Waals surface area contributed by atoms with Crippen LogP contribution in [0.4, 0.5) is 0 Å². The molecule has 3 saturated carbocycles. The molecule has 3 rings (SSSR count). The van der Waals surface area contributed by atoms with E-state index in [1.807, 2.05) is 0 Å². The van der Waals surface area contributed by atoms with E-state index >= 15 is 0 Å². The van der Waals surface area contributed by atoms with E-state index < -0.39 is 0 Å². The fraction of sp³-hybridized carbons (Fsp3) is 0.760. The molecule has 0 heterocycles. The van der Waals surface area contributed by atoms with E-state index in [1.165, 1.54) is 44.1 Å². The summed E-state index contributed by atoms with van der Waals surface area (Å²) >= 11 is 0. The fourth-order valence-electron chi connectivity index (χ4n) is 6.48. The molecular formula is C25H40O. The van der Waals surface area contributed by atoms with Gasteiger partial charge in [0, 0.05) is 0 Å². The molecule has 3 fully saturated rings. The van der Waals surface area contributed by atoms with Crippen LogP contribution in [0.2, 0.25) is 0 Å². The lowest BCUT2D eigenvalue weighted by Crippen LogP contribution is -2.36. The van der Waals surface area contributed by atoms with Gasteiger partial charge >= 0.3 is 0 Å². The largest absolute Gasteiger partial charge is 0.388 e. The normalized spacial score (nSPS) is 39.6. The maximum Gasteiger partial charge on any atom is 0.0784 e. The summed E-state index contributed by atoms with van der Waals surface area (Å²) in [5.74, 6) is 3.34. The Morgan fingerprint density at radius 1 is 1.15 bits per heavy atom. The van der Waals surface area contributed by atoms with Crippen LogP contribution in [-0.4, -0.2) is 11.2 Å². The van der Waals surface area contributed by atoms with Crippen molar-refractivity contribution in [3.05, 3.63) is 35.5 Å². The maximum atomic E-state index is 10.1. The van der Waals surface area contributed by atoms with Crippen LogP contribution in [0.3, 0.4) is 0 Å². The maximum absolute atomic E-state index is 10.1. The second kappa shape index (κ2) is 8.05. The van der Waals surface area contributed by atoms with Crippen molar-refractivity contribution < 1.29 is 5.11 Å². The van der Waals surface area contributed by atoms with E-state index in [2.05, 4.69) is 46.4 Å². The average molecular weight is 357 g/mol. The first-order valence-corrected chi connectivity index (χ1v) is 11.1. The van der Waals surface area contributed by atoms with Crippen molar-refractivity contribution in [1.29, 1.82) is 0 Å². The monoisotopic (exact) mass is 356 g/mol. The summed E-state index contributed by atoms with van der Waals surface area (Å²) in [6, 6.07) is 0. The van der Waals surface area contributed by atoms with Crippen LogP contribution >= 0.6 is 0 Å². The Bertz CT molecular complexity index is 581. The van der Waals surface area contributed by atoms with Gasteiger partial charge in [0.05, 0.1) is 6.10 Å². The van der Waals surface area contributed by atoms with Crippen LogP contribution in [0.1, 0.15) is 85.5 Å². The number of aliphatic hydroxyl groups is 1. The molecule has 0 radical (unpaired) electrons. The molecule has 1 nitrogen and oxygen atoms in total. The lowest BCUT2D eigenvalue weighted by atomic mass is 9.60. The van der Waals surface area contributed by atoms with Crippen LogP contribution in [0.15, 0.2) is 35.5 Å². The highest BCUT2D eigenvalue weighted by atomic mass is 16.3. The molecule has 0 aromatic carbocycles. The summed E-state index contributed by atoms with van der Waals surface area (Å²) < 4.78 is 0. The zero-order chi connectivity index (χ0) is 18.9. The van der Waals surface area contributed by atoms with Gasteiger partial charge in [0.25, 0.3) is 0 Å². The van der Waals surface area contributed by atoms with Crippen LogP contribution in [-0.2, 0) is 0 Å². The number of aliphatic hydroxyl groups excluding tert-OH is 1. The SMILES string of the molecule is C=C1CC/C(=C/C=C2\CCCC3(C)C2CCC3C(C)CC(C)C)CC1O. The van der Waals surface area contributed by atoms with Crippen molar-refractivity contribution in [2.75, 3.05) is 0 Å². The first kappa shape index (κ1) is 19.9. The standard InChI is InChI=1S/C25H40O/c1-17(2)15-19(4)22-12-13-23-21(7-6-14-25(22,23)5)11-10-20-9-8-18(3)24(26)16-20/h10-11,17,19,22-24,26H,3,6-9,12-16H2,1-2,4-5H3/b20-10-,21-11+. The molecule has 3 aliphatic carbocycles. The molecule has 1 N–H and O–H groups in total. The minimum absolute atomic E-state index is 0.322. The summed E-state index contributed by atoms with van der Waals surface area (Å²) in [4.78, 5) is 0. The summed E-state index contributed by atoms with van der Waals surface area (Å²) in [6.45, 7) is 13.8. The number of fused-ring (bicyclic) bond motifs is 1. The minimum atomic E-state index is -0.322. The lowest BCUT2D eigenvalue weighted by molar-refractivity contribution is 0.0893. The third-order valence-corrected chi connectivity index (χ3v) is 7.80. The predicted octanol–water partition coefficient (Wildman–Crippen LogP) is 6.84. The predicted molar refractivity (Wildman–Crippen MR) is 112 cm³/mol. The number of allylic oxidation sites excluding steroid dienone is 3. The summed E-state index contributed by atoms with van der Waals surface area (Å²) in [7, 11) is 0. The number of hydrogen-bond donors (Lipinski definition) is 1. The van der Waals surface area contributed by atoms with E-state index in [0.29, 0.717) is 5.41 Å². The zero-order valence-corrected chi connectivity index (χ0v) is 17.6. The third kappa shape index (κ3) is 4.03. The molecule has 0 saturated heterocycles. The molecular weight excluding hydrogens is 316 g/mol. The molecule has 5 atom stereocenters. The molecule has 1 heteroatoms. The highest BCUT2D eigenvalue weighted by Gasteiger charge is 2.50. The van der Waals surface area contributed by atoms with Crippen LogP contribution in [0, 0.1) is 29.1 Å². The highest BCUT2D eigenvalue weighted by molar-refractivity contribution is 5.28. The number of rotatable bonds is 4.